The number of rotatable bonds is 3. The lowest BCUT2D eigenvalue weighted by molar-refractivity contribution is 0.0751. The number of carbonyl (C=O) groups is 1. The Hall–Kier alpha value is -2.95. The molecule has 6 nitrogen and oxygen atoms in total. The largest absolute Gasteiger partial charge is 0.353 e. The minimum Gasteiger partial charge on any atom is -0.353 e. The molecule has 1 aromatic carbocycles. The summed E-state index contributed by atoms with van der Waals surface area (Å²) in [6.45, 7) is 2.53. The van der Waals surface area contributed by atoms with Crippen LogP contribution in [0.3, 0.4) is 0 Å². The van der Waals surface area contributed by atoms with E-state index >= 15 is 0 Å². The van der Waals surface area contributed by atoms with Crippen molar-refractivity contribution in [3.8, 4) is 16.6 Å². The summed E-state index contributed by atoms with van der Waals surface area (Å²) in [5.74, 6) is 0.749. The monoisotopic (exact) mass is 409 g/mol. The Bertz CT molecular complexity index is 1050. The highest BCUT2D eigenvalue weighted by molar-refractivity contribution is 7.17. The van der Waals surface area contributed by atoms with Crippen molar-refractivity contribution >= 4 is 34.7 Å². The second kappa shape index (κ2) is 7.97. The van der Waals surface area contributed by atoms with Crippen LogP contribution in [0.1, 0.15) is 15.2 Å². The quantitative estimate of drug-likeness (QED) is 0.659. The second-order valence-electron chi connectivity index (χ2n) is 6.30. The fourth-order valence-corrected chi connectivity index (χ4v) is 4.29. The zero-order valence-corrected chi connectivity index (χ0v) is 16.5. The third-order valence-electron chi connectivity index (χ3n) is 4.59. The lowest BCUT2D eigenvalue weighted by Crippen LogP contribution is -2.48. The molecule has 0 bridgehead atoms. The van der Waals surface area contributed by atoms with Gasteiger partial charge in [-0.05, 0) is 18.2 Å². The summed E-state index contributed by atoms with van der Waals surface area (Å²) in [5.41, 5.74) is 1.42. The summed E-state index contributed by atoms with van der Waals surface area (Å²) in [7, 11) is 0. The molecule has 0 atom stereocenters. The fraction of sp³-hybridized carbons (Fsp3) is 0.200. The van der Waals surface area contributed by atoms with Gasteiger partial charge in [0.1, 0.15) is 15.7 Å². The number of aromatic nitrogens is 2. The van der Waals surface area contributed by atoms with Crippen LogP contribution in [-0.4, -0.2) is 47.0 Å². The van der Waals surface area contributed by atoms with Crippen molar-refractivity contribution < 1.29 is 4.79 Å². The first-order chi connectivity index (χ1) is 13.7. The standard InChI is InChI=1S/C20H16ClN5OS/c21-16-4-2-1-3-15(16)19-24-13-17(28-19)20(27)26-9-7-25(8-10-26)18-11-14(12-22)5-6-23-18/h1-6,11,13H,7-10H2. The van der Waals surface area contributed by atoms with Gasteiger partial charge in [0.2, 0.25) is 0 Å². The number of carbonyl (C=O) groups excluding carboxylic acids is 1. The van der Waals surface area contributed by atoms with Crippen molar-refractivity contribution in [1.29, 1.82) is 5.26 Å². The van der Waals surface area contributed by atoms with E-state index in [0.29, 0.717) is 41.6 Å². The van der Waals surface area contributed by atoms with Crippen LogP contribution in [-0.2, 0) is 0 Å². The number of pyridine rings is 1. The maximum Gasteiger partial charge on any atom is 0.265 e. The van der Waals surface area contributed by atoms with Crippen LogP contribution in [0.5, 0.6) is 0 Å². The van der Waals surface area contributed by atoms with Gasteiger partial charge in [0, 0.05) is 37.9 Å². The van der Waals surface area contributed by atoms with E-state index in [1.54, 1.807) is 24.5 Å². The van der Waals surface area contributed by atoms with E-state index in [1.165, 1.54) is 11.3 Å². The molecule has 1 amide bonds. The van der Waals surface area contributed by atoms with Crippen molar-refractivity contribution in [2.45, 2.75) is 0 Å². The van der Waals surface area contributed by atoms with E-state index in [0.717, 1.165) is 16.4 Å². The predicted molar refractivity (Wildman–Crippen MR) is 110 cm³/mol. The van der Waals surface area contributed by atoms with E-state index in [2.05, 4.69) is 20.9 Å². The van der Waals surface area contributed by atoms with Crippen LogP contribution in [0.2, 0.25) is 5.02 Å². The summed E-state index contributed by atoms with van der Waals surface area (Å²) >= 11 is 7.59. The molecular weight excluding hydrogens is 394 g/mol. The highest BCUT2D eigenvalue weighted by Crippen LogP contribution is 2.31. The first kappa shape index (κ1) is 18.4. The normalized spacial score (nSPS) is 14.0. The number of hydrogen-bond acceptors (Lipinski definition) is 6. The molecule has 3 aromatic rings. The van der Waals surface area contributed by atoms with Crippen LogP contribution < -0.4 is 4.90 Å². The number of nitrogens with zero attached hydrogens (tertiary/aromatic N) is 5. The molecule has 0 unspecified atom stereocenters. The Morgan fingerprint density at radius 2 is 1.93 bits per heavy atom. The van der Waals surface area contributed by atoms with Crippen molar-refractivity contribution in [3.05, 3.63) is 64.3 Å². The fourth-order valence-electron chi connectivity index (χ4n) is 3.09. The Morgan fingerprint density at radius 1 is 1.14 bits per heavy atom. The molecule has 2 aromatic heterocycles. The number of benzene rings is 1. The number of thiazole rings is 1. The van der Waals surface area contributed by atoms with Gasteiger partial charge in [-0.3, -0.25) is 4.79 Å². The van der Waals surface area contributed by atoms with Gasteiger partial charge in [-0.2, -0.15) is 5.26 Å². The lowest BCUT2D eigenvalue weighted by Gasteiger charge is -2.35. The molecule has 8 heteroatoms. The van der Waals surface area contributed by atoms with Crippen LogP contribution >= 0.6 is 22.9 Å². The third kappa shape index (κ3) is 3.70. The number of halogens is 1. The molecule has 1 fully saturated rings. The van der Waals surface area contributed by atoms with Gasteiger partial charge in [0.15, 0.2) is 0 Å². The smallest absolute Gasteiger partial charge is 0.265 e. The predicted octanol–water partition coefficient (Wildman–Crippen LogP) is 3.69. The topological polar surface area (TPSA) is 73.1 Å². The number of nitriles is 1. The van der Waals surface area contributed by atoms with Gasteiger partial charge in [-0.1, -0.05) is 29.8 Å². The number of piperazine rings is 1. The SMILES string of the molecule is N#Cc1ccnc(N2CCN(C(=O)c3cnc(-c4ccccc4Cl)s3)CC2)c1. The molecule has 1 aliphatic rings. The molecule has 0 spiro atoms. The van der Waals surface area contributed by atoms with Gasteiger partial charge in [-0.15, -0.1) is 11.3 Å². The molecule has 0 radical (unpaired) electrons. The minimum atomic E-state index is -0.0193. The summed E-state index contributed by atoms with van der Waals surface area (Å²) < 4.78 is 0. The zero-order chi connectivity index (χ0) is 19.5. The molecule has 140 valence electrons. The number of amides is 1. The van der Waals surface area contributed by atoms with Gasteiger partial charge in [-0.25, -0.2) is 9.97 Å². The lowest BCUT2D eigenvalue weighted by atomic mass is 10.2. The highest BCUT2D eigenvalue weighted by atomic mass is 35.5. The molecule has 1 aliphatic heterocycles. The van der Waals surface area contributed by atoms with Crippen LogP contribution in [0, 0.1) is 11.3 Å². The van der Waals surface area contributed by atoms with Crippen molar-refractivity contribution in [3.63, 3.8) is 0 Å². The van der Waals surface area contributed by atoms with E-state index < -0.39 is 0 Å². The Kier molecular flexibility index (Phi) is 5.24. The maximum absolute atomic E-state index is 12.9. The molecule has 1 saturated heterocycles. The molecule has 28 heavy (non-hydrogen) atoms. The average Bonchev–Trinajstić information content (AvgIpc) is 3.24. The molecule has 0 aliphatic carbocycles. The summed E-state index contributed by atoms with van der Waals surface area (Å²) in [6.07, 6.45) is 3.26. The van der Waals surface area contributed by atoms with Crippen LogP contribution in [0.15, 0.2) is 48.8 Å². The molecule has 0 saturated carbocycles. The number of anilines is 1. The maximum atomic E-state index is 12.9. The van der Waals surface area contributed by atoms with Gasteiger partial charge in [0.05, 0.1) is 22.9 Å². The highest BCUT2D eigenvalue weighted by Gasteiger charge is 2.24. The molecule has 4 rings (SSSR count). The van der Waals surface area contributed by atoms with Gasteiger partial charge >= 0.3 is 0 Å². The first-order valence-electron chi connectivity index (χ1n) is 8.77. The number of hydrogen-bond donors (Lipinski definition) is 0. The van der Waals surface area contributed by atoms with Gasteiger partial charge < -0.3 is 9.80 Å². The second-order valence-corrected chi connectivity index (χ2v) is 7.74. The summed E-state index contributed by atoms with van der Waals surface area (Å²) in [4.78, 5) is 26.1. The van der Waals surface area contributed by atoms with Crippen molar-refractivity contribution in [2.24, 2.45) is 0 Å². The Labute approximate surface area is 171 Å². The third-order valence-corrected chi connectivity index (χ3v) is 5.93. The molecule has 0 N–H and O–H groups in total. The van der Waals surface area contributed by atoms with Crippen molar-refractivity contribution in [1.82, 2.24) is 14.9 Å². The van der Waals surface area contributed by atoms with E-state index in [4.69, 9.17) is 16.9 Å². The molecule has 3 heterocycles. The Morgan fingerprint density at radius 3 is 2.68 bits per heavy atom. The van der Waals surface area contributed by atoms with E-state index in [9.17, 15) is 4.79 Å². The average molecular weight is 410 g/mol. The van der Waals surface area contributed by atoms with Crippen LogP contribution in [0.4, 0.5) is 5.82 Å². The van der Waals surface area contributed by atoms with E-state index in [-0.39, 0.29) is 5.91 Å². The van der Waals surface area contributed by atoms with E-state index in [1.807, 2.05) is 29.2 Å². The van der Waals surface area contributed by atoms with Crippen molar-refractivity contribution in [2.75, 3.05) is 31.1 Å². The van der Waals surface area contributed by atoms with Gasteiger partial charge in [0.25, 0.3) is 5.91 Å². The minimum absolute atomic E-state index is 0.0193. The Balaban J connectivity index is 1.43. The molecular formula is C20H16ClN5OS. The summed E-state index contributed by atoms with van der Waals surface area (Å²) in [5, 5.41) is 10.4. The summed E-state index contributed by atoms with van der Waals surface area (Å²) in [6, 6.07) is 13.1. The zero-order valence-electron chi connectivity index (χ0n) is 14.9. The first-order valence-corrected chi connectivity index (χ1v) is 9.96. The van der Waals surface area contributed by atoms with Crippen LogP contribution in [0.25, 0.3) is 10.6 Å².